The molecule has 4 N–H and O–H groups in total. The number of quaternary nitrogens is 1. The largest absolute Gasteiger partial charge is 0.370 e. The molecule has 6 heteroatoms. The molecule has 0 radical (unpaired) electrons. The highest BCUT2D eigenvalue weighted by atomic mass is 16.5. The summed E-state index contributed by atoms with van der Waals surface area (Å²) >= 11 is 0. The van der Waals surface area contributed by atoms with Crippen molar-refractivity contribution in [2.75, 3.05) is 52.5 Å². The summed E-state index contributed by atoms with van der Waals surface area (Å²) in [5.74, 6) is 6.92. The second-order valence-electron chi connectivity index (χ2n) is 4.09. The van der Waals surface area contributed by atoms with Crippen LogP contribution in [0.1, 0.15) is 0 Å². The lowest BCUT2D eigenvalue weighted by atomic mass is 10.3. The van der Waals surface area contributed by atoms with Crippen LogP contribution in [0.5, 0.6) is 0 Å². The average molecular weight is 214 g/mol. The van der Waals surface area contributed by atoms with Crippen molar-refractivity contribution in [3.05, 3.63) is 0 Å². The monoisotopic (exact) mass is 214 g/mol. The fraction of sp³-hybridized carbons (Fsp3) is 0.889. The molecule has 0 aromatic carbocycles. The van der Waals surface area contributed by atoms with Crippen LogP contribution in [0.15, 0.2) is 4.99 Å². The van der Waals surface area contributed by atoms with E-state index in [1.165, 1.54) is 0 Å². The van der Waals surface area contributed by atoms with Crippen molar-refractivity contribution in [1.82, 2.24) is 5.01 Å². The van der Waals surface area contributed by atoms with E-state index < -0.39 is 0 Å². The topological polar surface area (TPSA) is 76.9 Å². The molecule has 2 aliphatic rings. The summed E-state index contributed by atoms with van der Waals surface area (Å²) in [5, 5.41) is 1.76. The molecule has 0 aromatic rings. The van der Waals surface area contributed by atoms with E-state index in [0.29, 0.717) is 6.54 Å². The Labute approximate surface area is 90.0 Å². The van der Waals surface area contributed by atoms with Gasteiger partial charge in [-0.25, -0.2) is 15.8 Å². The molecule has 6 nitrogen and oxygen atoms in total. The van der Waals surface area contributed by atoms with Gasteiger partial charge in [-0.3, -0.25) is 4.48 Å². The number of morpholine rings is 1. The highest BCUT2D eigenvalue weighted by Crippen LogP contribution is 2.16. The molecule has 1 saturated heterocycles. The van der Waals surface area contributed by atoms with E-state index in [1.807, 2.05) is 0 Å². The van der Waals surface area contributed by atoms with Crippen LogP contribution in [0.3, 0.4) is 0 Å². The second kappa shape index (κ2) is 4.44. The summed E-state index contributed by atoms with van der Waals surface area (Å²) in [6.45, 7) is 6.59. The van der Waals surface area contributed by atoms with E-state index in [1.54, 1.807) is 5.01 Å². The third-order valence-corrected chi connectivity index (χ3v) is 3.16. The Balaban J connectivity index is 2.17. The van der Waals surface area contributed by atoms with E-state index in [-0.39, 0.29) is 0 Å². The van der Waals surface area contributed by atoms with Crippen LogP contribution < -0.4 is 11.6 Å². The van der Waals surface area contributed by atoms with Gasteiger partial charge in [-0.2, -0.15) is 0 Å². The van der Waals surface area contributed by atoms with Gasteiger partial charge in [-0.15, -0.1) is 0 Å². The lowest BCUT2D eigenvalue weighted by molar-refractivity contribution is -0.854. The molecule has 0 aliphatic carbocycles. The molecule has 0 atom stereocenters. The van der Waals surface area contributed by atoms with Gasteiger partial charge in [0.25, 0.3) is 0 Å². The van der Waals surface area contributed by atoms with Gasteiger partial charge in [0.1, 0.15) is 13.1 Å². The Hall–Kier alpha value is -0.690. The lowest BCUT2D eigenvalue weighted by Crippen LogP contribution is -2.65. The number of hydrogen-bond donors (Lipinski definition) is 2. The summed E-state index contributed by atoms with van der Waals surface area (Å²) in [4.78, 5) is 4.51. The maximum absolute atomic E-state index is 5.93. The van der Waals surface area contributed by atoms with Crippen molar-refractivity contribution in [2.24, 2.45) is 16.6 Å². The van der Waals surface area contributed by atoms with Crippen LogP contribution in [0.4, 0.5) is 0 Å². The predicted octanol–water partition coefficient (Wildman–Crippen LogP) is -1.66. The van der Waals surface area contributed by atoms with Gasteiger partial charge in [0, 0.05) is 6.54 Å². The molecule has 2 aliphatic heterocycles. The fourth-order valence-corrected chi connectivity index (χ4v) is 2.33. The maximum atomic E-state index is 5.93. The first-order valence-electron chi connectivity index (χ1n) is 5.50. The van der Waals surface area contributed by atoms with Crippen molar-refractivity contribution < 1.29 is 9.22 Å². The van der Waals surface area contributed by atoms with Crippen LogP contribution in [0, 0.1) is 0 Å². The Kier molecular flexibility index (Phi) is 3.20. The number of hydrogen-bond acceptors (Lipinski definition) is 5. The zero-order chi connectivity index (χ0) is 10.7. The Bertz CT molecular complexity index is 243. The van der Waals surface area contributed by atoms with Crippen molar-refractivity contribution in [1.29, 1.82) is 0 Å². The SMILES string of the molecule is NCC[N+]1(C2=NCCN2N)CCOCC1. The Morgan fingerprint density at radius 2 is 2.13 bits per heavy atom. The number of ether oxygens (including phenoxy) is 1. The first kappa shape index (κ1) is 10.8. The summed E-state index contributed by atoms with van der Waals surface area (Å²) in [6.07, 6.45) is 0. The molecule has 0 saturated carbocycles. The molecule has 0 amide bonds. The molecule has 0 bridgehead atoms. The normalized spacial score (nSPS) is 25.5. The smallest absolute Gasteiger partial charge is 0.314 e. The number of guanidine groups is 1. The van der Waals surface area contributed by atoms with E-state index in [0.717, 1.165) is 56.4 Å². The third kappa shape index (κ3) is 1.98. The van der Waals surface area contributed by atoms with Gasteiger partial charge in [0.05, 0.1) is 32.8 Å². The summed E-state index contributed by atoms with van der Waals surface area (Å²) in [6, 6.07) is 0. The minimum atomic E-state index is 0.660. The zero-order valence-corrected chi connectivity index (χ0v) is 9.06. The highest BCUT2D eigenvalue weighted by molar-refractivity contribution is 5.74. The minimum absolute atomic E-state index is 0.660. The van der Waals surface area contributed by atoms with Gasteiger partial charge in [-0.1, -0.05) is 0 Å². The van der Waals surface area contributed by atoms with Gasteiger partial charge in [0.15, 0.2) is 0 Å². The van der Waals surface area contributed by atoms with Crippen LogP contribution in [-0.2, 0) is 4.74 Å². The van der Waals surface area contributed by atoms with Crippen LogP contribution in [0.25, 0.3) is 0 Å². The fourth-order valence-electron chi connectivity index (χ4n) is 2.33. The van der Waals surface area contributed by atoms with Crippen LogP contribution in [-0.4, -0.2) is 67.9 Å². The first-order valence-corrected chi connectivity index (χ1v) is 5.50. The molecular formula is C9H20N5O+. The summed E-state index contributed by atoms with van der Waals surface area (Å²) in [5.41, 5.74) is 5.69. The molecule has 0 aromatic heterocycles. The minimum Gasteiger partial charge on any atom is -0.370 e. The number of nitrogens with two attached hydrogens (primary N) is 2. The predicted molar refractivity (Wildman–Crippen MR) is 57.9 cm³/mol. The van der Waals surface area contributed by atoms with Crippen LogP contribution >= 0.6 is 0 Å². The molecule has 15 heavy (non-hydrogen) atoms. The number of aliphatic imine (C=N–C) groups is 1. The molecular weight excluding hydrogens is 194 g/mol. The van der Waals surface area contributed by atoms with Gasteiger partial charge >= 0.3 is 5.96 Å². The number of nitrogens with zero attached hydrogens (tertiary/aromatic N) is 3. The van der Waals surface area contributed by atoms with Gasteiger partial charge < -0.3 is 10.5 Å². The maximum Gasteiger partial charge on any atom is 0.314 e. The number of rotatable bonds is 2. The average Bonchev–Trinajstić information content (AvgIpc) is 2.67. The van der Waals surface area contributed by atoms with E-state index in [9.17, 15) is 0 Å². The van der Waals surface area contributed by atoms with E-state index >= 15 is 0 Å². The van der Waals surface area contributed by atoms with Crippen molar-refractivity contribution in [2.45, 2.75) is 0 Å². The molecule has 86 valence electrons. The quantitative estimate of drug-likeness (QED) is 0.426. The lowest BCUT2D eigenvalue weighted by Gasteiger charge is -2.41. The molecule has 2 heterocycles. The standard InChI is InChI=1S/C9H20N5O/c10-1-4-14(5-7-15-8-6-14)9-12-2-3-13(9)11/h1-8,10-11H2/q+1. The number of hydrazine groups is 1. The van der Waals surface area contributed by atoms with Crippen molar-refractivity contribution in [3.63, 3.8) is 0 Å². The van der Waals surface area contributed by atoms with Gasteiger partial charge in [0.2, 0.25) is 0 Å². The first-order chi connectivity index (χ1) is 7.28. The zero-order valence-electron chi connectivity index (χ0n) is 9.06. The summed E-state index contributed by atoms with van der Waals surface area (Å²) in [7, 11) is 0. The molecule has 2 rings (SSSR count). The van der Waals surface area contributed by atoms with Crippen molar-refractivity contribution >= 4 is 5.96 Å². The van der Waals surface area contributed by atoms with Crippen LogP contribution in [0.2, 0.25) is 0 Å². The molecule has 0 spiro atoms. The Morgan fingerprint density at radius 1 is 1.40 bits per heavy atom. The Morgan fingerprint density at radius 3 is 2.67 bits per heavy atom. The van der Waals surface area contributed by atoms with E-state index in [2.05, 4.69) is 4.99 Å². The molecule has 1 fully saturated rings. The van der Waals surface area contributed by atoms with Crippen molar-refractivity contribution in [3.8, 4) is 0 Å². The summed E-state index contributed by atoms with van der Waals surface area (Å²) < 4.78 is 6.19. The van der Waals surface area contributed by atoms with E-state index in [4.69, 9.17) is 16.3 Å². The third-order valence-electron chi connectivity index (χ3n) is 3.16. The van der Waals surface area contributed by atoms with Gasteiger partial charge in [-0.05, 0) is 0 Å². The second-order valence-corrected chi connectivity index (χ2v) is 4.09. The molecule has 0 unspecified atom stereocenters. The highest BCUT2D eigenvalue weighted by Gasteiger charge is 2.40.